The highest BCUT2D eigenvalue weighted by Crippen LogP contribution is 2.41. The lowest BCUT2D eigenvalue weighted by molar-refractivity contribution is 0.126. The van der Waals surface area contributed by atoms with E-state index >= 15 is 0 Å². The van der Waals surface area contributed by atoms with Crippen molar-refractivity contribution in [3.05, 3.63) is 11.2 Å². The molecule has 0 aromatic carbocycles. The molecule has 0 aliphatic carbocycles. The van der Waals surface area contributed by atoms with Crippen molar-refractivity contribution in [2.45, 2.75) is 57.2 Å². The van der Waals surface area contributed by atoms with E-state index in [9.17, 15) is 5.11 Å². The number of anilines is 2. The summed E-state index contributed by atoms with van der Waals surface area (Å²) < 4.78 is 0. The van der Waals surface area contributed by atoms with Crippen molar-refractivity contribution in [3.63, 3.8) is 0 Å². The zero-order valence-electron chi connectivity index (χ0n) is 11.7. The van der Waals surface area contributed by atoms with Crippen LogP contribution in [0.1, 0.15) is 39.0 Å². The number of hydrogen-bond acceptors (Lipinski definition) is 5. The van der Waals surface area contributed by atoms with Crippen LogP contribution in [0, 0.1) is 0 Å². The molecule has 1 aromatic heterocycles. The van der Waals surface area contributed by atoms with Crippen molar-refractivity contribution in [1.29, 1.82) is 0 Å². The van der Waals surface area contributed by atoms with Gasteiger partial charge in [0, 0.05) is 18.6 Å². The van der Waals surface area contributed by atoms with Crippen molar-refractivity contribution in [2.24, 2.45) is 0 Å². The molecule has 2 bridgehead atoms. The molecule has 2 saturated heterocycles. The maximum atomic E-state index is 9.89. The topological polar surface area (TPSA) is 61.3 Å². The molecule has 0 radical (unpaired) electrons. The Labute approximate surface area is 124 Å². The molecule has 0 amide bonds. The Kier molecular flexibility index (Phi) is 3.98. The Bertz CT molecular complexity index is 470. The van der Waals surface area contributed by atoms with E-state index in [0.29, 0.717) is 23.1 Å². The number of aliphatic hydroxyl groups is 1. The summed E-state index contributed by atoms with van der Waals surface area (Å²) in [6, 6.07) is 0.713. The molecular formula is C14H21ClN4O. The van der Waals surface area contributed by atoms with Crippen molar-refractivity contribution in [1.82, 2.24) is 9.97 Å². The largest absolute Gasteiger partial charge is 0.393 e. The van der Waals surface area contributed by atoms with E-state index in [1.165, 1.54) is 0 Å². The summed E-state index contributed by atoms with van der Waals surface area (Å²) in [5.74, 6) is 1.46. The Morgan fingerprint density at radius 1 is 1.40 bits per heavy atom. The molecule has 0 spiro atoms. The lowest BCUT2D eigenvalue weighted by Gasteiger charge is -2.38. The van der Waals surface area contributed by atoms with Crippen LogP contribution in [0.4, 0.5) is 11.8 Å². The van der Waals surface area contributed by atoms with Gasteiger partial charge in [0.2, 0.25) is 5.95 Å². The van der Waals surface area contributed by atoms with Crippen LogP contribution in [-0.4, -0.2) is 39.8 Å². The molecule has 2 atom stereocenters. The molecule has 2 N–H and O–H groups in total. The van der Waals surface area contributed by atoms with E-state index in [4.69, 9.17) is 11.6 Å². The maximum Gasteiger partial charge on any atom is 0.224 e. The Morgan fingerprint density at radius 3 is 2.75 bits per heavy atom. The summed E-state index contributed by atoms with van der Waals surface area (Å²) in [7, 11) is 0. The third kappa shape index (κ3) is 2.56. The van der Waals surface area contributed by atoms with Gasteiger partial charge >= 0.3 is 0 Å². The zero-order chi connectivity index (χ0) is 14.1. The van der Waals surface area contributed by atoms with E-state index in [2.05, 4.69) is 27.1 Å². The SMILES string of the molecule is CCCNc1ncc(Cl)c(N2C3CCC2CC(O)C3)n1. The van der Waals surface area contributed by atoms with Gasteiger partial charge in [0.25, 0.3) is 0 Å². The summed E-state index contributed by atoms with van der Waals surface area (Å²) in [4.78, 5) is 11.1. The van der Waals surface area contributed by atoms with Crippen LogP contribution in [0.3, 0.4) is 0 Å². The van der Waals surface area contributed by atoms with Gasteiger partial charge in [-0.25, -0.2) is 4.98 Å². The smallest absolute Gasteiger partial charge is 0.224 e. The van der Waals surface area contributed by atoms with E-state index in [1.807, 2.05) is 0 Å². The predicted molar refractivity (Wildman–Crippen MR) is 80.4 cm³/mol. The lowest BCUT2D eigenvalue weighted by atomic mass is 10.00. The average Bonchev–Trinajstić information content (AvgIpc) is 2.70. The van der Waals surface area contributed by atoms with Crippen LogP contribution in [0.5, 0.6) is 0 Å². The summed E-state index contributed by atoms with van der Waals surface area (Å²) in [5.41, 5.74) is 0. The summed E-state index contributed by atoms with van der Waals surface area (Å²) >= 11 is 6.30. The van der Waals surface area contributed by atoms with Gasteiger partial charge in [0.05, 0.1) is 12.3 Å². The normalized spacial score (nSPS) is 28.8. The van der Waals surface area contributed by atoms with E-state index in [-0.39, 0.29) is 6.10 Å². The maximum absolute atomic E-state index is 9.89. The third-order valence-electron chi connectivity index (χ3n) is 4.21. The molecule has 3 heterocycles. The fraction of sp³-hybridized carbons (Fsp3) is 0.714. The molecule has 110 valence electrons. The van der Waals surface area contributed by atoms with E-state index < -0.39 is 0 Å². The zero-order valence-corrected chi connectivity index (χ0v) is 12.5. The second kappa shape index (κ2) is 5.74. The minimum atomic E-state index is -0.179. The number of piperidine rings is 1. The number of fused-ring (bicyclic) bond motifs is 2. The highest BCUT2D eigenvalue weighted by atomic mass is 35.5. The first kappa shape index (κ1) is 13.9. The van der Waals surface area contributed by atoms with E-state index in [1.54, 1.807) is 6.20 Å². The monoisotopic (exact) mass is 296 g/mol. The Hall–Kier alpha value is -1.07. The Balaban J connectivity index is 1.86. The van der Waals surface area contributed by atoms with Gasteiger partial charge in [-0.2, -0.15) is 4.98 Å². The molecule has 0 saturated carbocycles. The molecule has 5 nitrogen and oxygen atoms in total. The van der Waals surface area contributed by atoms with Crippen LogP contribution >= 0.6 is 11.6 Å². The highest BCUT2D eigenvalue weighted by Gasteiger charge is 2.41. The first-order chi connectivity index (χ1) is 9.69. The average molecular weight is 297 g/mol. The number of halogens is 1. The predicted octanol–water partition coefficient (Wildman–Crippen LogP) is 2.44. The molecular weight excluding hydrogens is 276 g/mol. The lowest BCUT2D eigenvalue weighted by Crippen LogP contribution is -2.45. The minimum absolute atomic E-state index is 0.179. The molecule has 3 rings (SSSR count). The van der Waals surface area contributed by atoms with Crippen LogP contribution in [0.2, 0.25) is 5.02 Å². The molecule has 2 fully saturated rings. The Morgan fingerprint density at radius 2 is 2.10 bits per heavy atom. The molecule has 2 aliphatic heterocycles. The summed E-state index contributed by atoms with van der Waals surface area (Å²) in [6.45, 7) is 2.96. The number of hydrogen-bond donors (Lipinski definition) is 2. The molecule has 20 heavy (non-hydrogen) atoms. The van der Waals surface area contributed by atoms with Gasteiger partial charge < -0.3 is 15.3 Å². The quantitative estimate of drug-likeness (QED) is 0.893. The molecule has 2 aliphatic rings. The fourth-order valence-electron chi connectivity index (χ4n) is 3.36. The number of aliphatic hydroxyl groups excluding tert-OH is 1. The molecule has 2 unspecified atom stereocenters. The second-order valence-corrected chi connectivity index (χ2v) is 6.12. The number of aromatic nitrogens is 2. The standard InChI is InChI=1S/C14H21ClN4O/c1-2-5-16-14-17-8-12(15)13(18-14)19-9-3-4-10(19)7-11(20)6-9/h8-11,20H,2-7H2,1H3,(H,16,17,18). The van der Waals surface area contributed by atoms with Crippen LogP contribution in [-0.2, 0) is 0 Å². The summed E-state index contributed by atoms with van der Waals surface area (Å²) in [5, 5.41) is 13.7. The van der Waals surface area contributed by atoms with Gasteiger partial charge in [-0.05, 0) is 32.1 Å². The first-order valence-corrected chi connectivity index (χ1v) is 7.79. The van der Waals surface area contributed by atoms with Gasteiger partial charge in [-0.3, -0.25) is 0 Å². The van der Waals surface area contributed by atoms with Gasteiger partial charge in [-0.15, -0.1) is 0 Å². The van der Waals surface area contributed by atoms with Crippen molar-refractivity contribution in [2.75, 3.05) is 16.8 Å². The number of nitrogens with zero attached hydrogens (tertiary/aromatic N) is 3. The number of nitrogens with one attached hydrogen (secondary N) is 1. The van der Waals surface area contributed by atoms with E-state index in [0.717, 1.165) is 44.5 Å². The minimum Gasteiger partial charge on any atom is -0.393 e. The second-order valence-electron chi connectivity index (χ2n) is 5.71. The van der Waals surface area contributed by atoms with Crippen molar-refractivity contribution < 1.29 is 5.11 Å². The van der Waals surface area contributed by atoms with Crippen LogP contribution in [0.15, 0.2) is 6.20 Å². The fourth-order valence-corrected chi connectivity index (χ4v) is 3.54. The third-order valence-corrected chi connectivity index (χ3v) is 4.48. The highest BCUT2D eigenvalue weighted by molar-refractivity contribution is 6.32. The van der Waals surface area contributed by atoms with Crippen LogP contribution in [0.25, 0.3) is 0 Å². The molecule has 1 aromatic rings. The van der Waals surface area contributed by atoms with Gasteiger partial charge in [0.1, 0.15) is 5.02 Å². The molecule has 6 heteroatoms. The summed E-state index contributed by atoms with van der Waals surface area (Å²) in [6.07, 6.45) is 6.37. The van der Waals surface area contributed by atoms with Gasteiger partial charge in [0.15, 0.2) is 5.82 Å². The number of rotatable bonds is 4. The van der Waals surface area contributed by atoms with Crippen molar-refractivity contribution in [3.8, 4) is 0 Å². The van der Waals surface area contributed by atoms with Crippen molar-refractivity contribution >= 4 is 23.4 Å². The van der Waals surface area contributed by atoms with Crippen LogP contribution < -0.4 is 10.2 Å². The first-order valence-electron chi connectivity index (χ1n) is 7.42. The van der Waals surface area contributed by atoms with Gasteiger partial charge in [-0.1, -0.05) is 18.5 Å².